The van der Waals surface area contributed by atoms with E-state index in [4.69, 9.17) is 34.3 Å². The summed E-state index contributed by atoms with van der Waals surface area (Å²) in [6.45, 7) is 4.26. The lowest BCUT2D eigenvalue weighted by Crippen LogP contribution is -2.09. The highest BCUT2D eigenvalue weighted by molar-refractivity contribution is 7.80. The molecule has 0 saturated carbocycles. The highest BCUT2D eigenvalue weighted by Gasteiger charge is 2.10. The van der Waals surface area contributed by atoms with Crippen LogP contribution in [0.2, 0.25) is 5.02 Å². The topological polar surface area (TPSA) is 35.2 Å². The first-order valence-corrected chi connectivity index (χ1v) is 7.14. The van der Waals surface area contributed by atoms with Crippen LogP contribution in [-0.4, -0.2) is 4.99 Å². The lowest BCUT2D eigenvalue weighted by molar-refractivity contribution is 0.473. The van der Waals surface area contributed by atoms with E-state index in [2.05, 4.69) is 19.9 Å². The Kier molecular flexibility index (Phi) is 4.63. The summed E-state index contributed by atoms with van der Waals surface area (Å²) in [5, 5.41) is 0.497. The summed E-state index contributed by atoms with van der Waals surface area (Å²) < 4.78 is 5.92. The Morgan fingerprint density at radius 2 is 1.90 bits per heavy atom. The second kappa shape index (κ2) is 6.25. The van der Waals surface area contributed by atoms with Crippen LogP contribution in [0.5, 0.6) is 11.5 Å². The first kappa shape index (κ1) is 14.8. The number of ether oxygens (including phenoxy) is 1. The number of para-hydroxylation sites is 1. The summed E-state index contributed by atoms with van der Waals surface area (Å²) >= 11 is 11.1. The number of halogens is 1. The molecule has 20 heavy (non-hydrogen) atoms. The minimum absolute atomic E-state index is 0.282. The largest absolute Gasteiger partial charge is 0.457 e. The molecule has 2 rings (SSSR count). The summed E-state index contributed by atoms with van der Waals surface area (Å²) in [6.07, 6.45) is 0. The van der Waals surface area contributed by atoms with Gasteiger partial charge < -0.3 is 10.5 Å². The van der Waals surface area contributed by atoms with E-state index in [0.29, 0.717) is 22.3 Å². The molecule has 0 radical (unpaired) electrons. The van der Waals surface area contributed by atoms with E-state index in [1.54, 1.807) is 12.1 Å². The molecule has 4 heteroatoms. The molecule has 0 fully saturated rings. The van der Waals surface area contributed by atoms with Crippen molar-refractivity contribution in [3.05, 3.63) is 58.6 Å². The summed E-state index contributed by atoms with van der Waals surface area (Å²) in [7, 11) is 0. The molecule has 0 unspecified atom stereocenters. The standard InChI is InChI=1S/C16H16ClNOS/c1-10(2)12-5-3-4-6-15(12)19-11-7-8-13(16(18)20)14(17)9-11/h3-10H,1-2H3,(H2,18,20). The van der Waals surface area contributed by atoms with Crippen LogP contribution < -0.4 is 10.5 Å². The molecular weight excluding hydrogens is 290 g/mol. The quantitative estimate of drug-likeness (QED) is 0.817. The van der Waals surface area contributed by atoms with Crippen molar-refractivity contribution in [1.29, 1.82) is 0 Å². The molecule has 0 aliphatic rings. The van der Waals surface area contributed by atoms with Crippen molar-refractivity contribution in [2.24, 2.45) is 5.73 Å². The third-order valence-corrected chi connectivity index (χ3v) is 3.51. The van der Waals surface area contributed by atoms with Crippen LogP contribution in [0.25, 0.3) is 0 Å². The highest BCUT2D eigenvalue weighted by Crippen LogP contribution is 2.32. The van der Waals surface area contributed by atoms with Crippen molar-refractivity contribution in [2.45, 2.75) is 19.8 Å². The van der Waals surface area contributed by atoms with Crippen molar-refractivity contribution in [3.8, 4) is 11.5 Å². The van der Waals surface area contributed by atoms with E-state index < -0.39 is 0 Å². The summed E-state index contributed by atoms with van der Waals surface area (Å²) in [5.74, 6) is 1.89. The van der Waals surface area contributed by atoms with Gasteiger partial charge in [0.05, 0.1) is 5.02 Å². The Morgan fingerprint density at radius 1 is 1.20 bits per heavy atom. The fourth-order valence-electron chi connectivity index (χ4n) is 1.94. The van der Waals surface area contributed by atoms with Crippen molar-refractivity contribution in [2.75, 3.05) is 0 Å². The van der Waals surface area contributed by atoms with Gasteiger partial charge in [-0.3, -0.25) is 0 Å². The third-order valence-electron chi connectivity index (χ3n) is 2.97. The number of hydrogen-bond donors (Lipinski definition) is 1. The van der Waals surface area contributed by atoms with Gasteiger partial charge in [-0.15, -0.1) is 0 Å². The van der Waals surface area contributed by atoms with Gasteiger partial charge in [-0.2, -0.15) is 0 Å². The molecule has 0 bridgehead atoms. The van der Waals surface area contributed by atoms with E-state index in [1.165, 1.54) is 0 Å². The molecule has 2 aromatic rings. The predicted octanol–water partition coefficient (Wildman–Crippen LogP) is 4.89. The zero-order valence-electron chi connectivity index (χ0n) is 11.4. The van der Waals surface area contributed by atoms with Crippen molar-refractivity contribution in [3.63, 3.8) is 0 Å². The normalized spacial score (nSPS) is 10.6. The molecule has 0 atom stereocenters. The number of benzene rings is 2. The average molecular weight is 306 g/mol. The smallest absolute Gasteiger partial charge is 0.130 e. The highest BCUT2D eigenvalue weighted by atomic mass is 35.5. The fourth-order valence-corrected chi connectivity index (χ4v) is 2.44. The zero-order chi connectivity index (χ0) is 14.7. The second-order valence-corrected chi connectivity index (χ2v) is 5.65. The second-order valence-electron chi connectivity index (χ2n) is 4.80. The number of hydrogen-bond acceptors (Lipinski definition) is 2. The Hall–Kier alpha value is -1.58. The van der Waals surface area contributed by atoms with Crippen LogP contribution in [-0.2, 0) is 0 Å². The van der Waals surface area contributed by atoms with Crippen LogP contribution in [0, 0.1) is 0 Å². The number of rotatable bonds is 4. The van der Waals surface area contributed by atoms with Crippen molar-refractivity contribution >= 4 is 28.8 Å². The van der Waals surface area contributed by atoms with Gasteiger partial charge in [0, 0.05) is 11.6 Å². The summed E-state index contributed by atoms with van der Waals surface area (Å²) in [6, 6.07) is 13.3. The van der Waals surface area contributed by atoms with E-state index in [-0.39, 0.29) is 4.99 Å². The SMILES string of the molecule is CC(C)c1ccccc1Oc1ccc(C(N)=S)c(Cl)c1. The predicted molar refractivity (Wildman–Crippen MR) is 87.9 cm³/mol. The molecule has 2 aromatic carbocycles. The minimum Gasteiger partial charge on any atom is -0.457 e. The van der Waals surface area contributed by atoms with Gasteiger partial charge >= 0.3 is 0 Å². The van der Waals surface area contributed by atoms with Crippen molar-refractivity contribution in [1.82, 2.24) is 0 Å². The Labute approximate surface area is 129 Å². The van der Waals surface area contributed by atoms with Crippen LogP contribution in [0.3, 0.4) is 0 Å². The number of nitrogens with two attached hydrogens (primary N) is 1. The van der Waals surface area contributed by atoms with Crippen LogP contribution >= 0.6 is 23.8 Å². The van der Waals surface area contributed by atoms with Gasteiger partial charge in [0.1, 0.15) is 16.5 Å². The first-order valence-electron chi connectivity index (χ1n) is 6.35. The van der Waals surface area contributed by atoms with Gasteiger partial charge in [0.25, 0.3) is 0 Å². The Morgan fingerprint density at radius 3 is 2.50 bits per heavy atom. The van der Waals surface area contributed by atoms with Crippen LogP contribution in [0.1, 0.15) is 30.9 Å². The third kappa shape index (κ3) is 3.30. The van der Waals surface area contributed by atoms with Crippen LogP contribution in [0.4, 0.5) is 0 Å². The van der Waals surface area contributed by atoms with Crippen LogP contribution in [0.15, 0.2) is 42.5 Å². The maximum Gasteiger partial charge on any atom is 0.130 e. The van der Waals surface area contributed by atoms with Gasteiger partial charge in [-0.05, 0) is 29.7 Å². The van der Waals surface area contributed by atoms with E-state index in [0.717, 1.165) is 11.3 Å². The Bertz CT molecular complexity index is 640. The molecule has 0 saturated heterocycles. The van der Waals surface area contributed by atoms with Gasteiger partial charge in [-0.25, -0.2) is 0 Å². The minimum atomic E-state index is 0.282. The molecular formula is C16H16ClNOS. The molecule has 0 heterocycles. The first-order chi connectivity index (χ1) is 9.49. The van der Waals surface area contributed by atoms with E-state index >= 15 is 0 Å². The fraction of sp³-hybridized carbons (Fsp3) is 0.188. The van der Waals surface area contributed by atoms with Crippen molar-refractivity contribution < 1.29 is 4.74 Å². The molecule has 0 amide bonds. The van der Waals surface area contributed by atoms with E-state index in [9.17, 15) is 0 Å². The summed E-state index contributed by atoms with van der Waals surface area (Å²) in [4.78, 5) is 0.282. The van der Waals surface area contributed by atoms with Gasteiger partial charge in [0.15, 0.2) is 0 Å². The van der Waals surface area contributed by atoms with E-state index in [1.807, 2.05) is 24.3 Å². The molecule has 0 spiro atoms. The lowest BCUT2D eigenvalue weighted by atomic mass is 10.0. The summed E-state index contributed by atoms with van der Waals surface area (Å²) in [5.41, 5.74) is 7.40. The number of thiocarbonyl (C=S) groups is 1. The molecule has 2 N–H and O–H groups in total. The molecule has 104 valence electrons. The molecule has 2 nitrogen and oxygen atoms in total. The molecule has 0 aliphatic carbocycles. The maximum atomic E-state index is 6.15. The Balaban J connectivity index is 2.31. The van der Waals surface area contributed by atoms with Gasteiger partial charge in [-0.1, -0.05) is 55.9 Å². The molecule has 0 aromatic heterocycles. The monoisotopic (exact) mass is 305 g/mol. The molecule has 0 aliphatic heterocycles. The van der Waals surface area contributed by atoms with Gasteiger partial charge in [0.2, 0.25) is 0 Å². The lowest BCUT2D eigenvalue weighted by Gasteiger charge is -2.14. The average Bonchev–Trinajstić information content (AvgIpc) is 2.38. The maximum absolute atomic E-state index is 6.15. The zero-order valence-corrected chi connectivity index (χ0v) is 13.0.